The molecule has 33 heavy (non-hydrogen) atoms. The second kappa shape index (κ2) is 9.08. The van der Waals surface area contributed by atoms with Crippen molar-refractivity contribution in [3.8, 4) is 0 Å². The highest BCUT2D eigenvalue weighted by Gasteiger charge is 2.57. The molecular formula is C22H28ClN5O4S. The van der Waals surface area contributed by atoms with Crippen LogP contribution in [0.4, 0.5) is 0 Å². The van der Waals surface area contributed by atoms with Gasteiger partial charge in [0.15, 0.2) is 15.7 Å². The molecule has 1 aliphatic heterocycles. The molecule has 1 aliphatic carbocycles. The molecule has 1 aromatic heterocycles. The Bertz CT molecular complexity index is 1160. The van der Waals surface area contributed by atoms with Crippen LogP contribution < -0.4 is 11.1 Å². The van der Waals surface area contributed by atoms with Crippen molar-refractivity contribution >= 4 is 33.3 Å². The largest absolute Gasteiger partial charge is 0.345 e. The molecule has 11 heteroatoms. The summed E-state index contributed by atoms with van der Waals surface area (Å²) >= 11 is 5.88. The van der Waals surface area contributed by atoms with E-state index in [-0.39, 0.29) is 24.2 Å². The molecular weight excluding hydrogens is 466 g/mol. The number of carbonyl (C=O) groups is 2. The van der Waals surface area contributed by atoms with Crippen LogP contribution in [-0.4, -0.2) is 64.3 Å². The Balaban J connectivity index is 1.44. The summed E-state index contributed by atoms with van der Waals surface area (Å²) in [5.41, 5.74) is 6.74. The summed E-state index contributed by atoms with van der Waals surface area (Å²) in [7, 11) is -3.40. The third-order valence-electron chi connectivity index (χ3n) is 6.52. The summed E-state index contributed by atoms with van der Waals surface area (Å²) in [5.74, 6) is -0.523. The van der Waals surface area contributed by atoms with E-state index in [1.54, 1.807) is 28.5 Å². The molecule has 3 N–H and O–H groups in total. The number of aromatic nitrogens is 2. The molecule has 178 valence electrons. The summed E-state index contributed by atoms with van der Waals surface area (Å²) in [6.45, 7) is 3.15. The zero-order chi connectivity index (χ0) is 23.8. The van der Waals surface area contributed by atoms with E-state index in [1.807, 2.05) is 12.1 Å². The average molecular weight is 494 g/mol. The first kappa shape index (κ1) is 23.7. The summed E-state index contributed by atoms with van der Waals surface area (Å²) in [5, 5.41) is 2.89. The van der Waals surface area contributed by atoms with Gasteiger partial charge in [0, 0.05) is 31.2 Å². The van der Waals surface area contributed by atoms with Crippen LogP contribution in [-0.2, 0) is 22.9 Å². The second-order valence-corrected chi connectivity index (χ2v) is 12.0. The number of halogens is 1. The van der Waals surface area contributed by atoms with Crippen LogP contribution in [0.15, 0.2) is 30.5 Å². The molecule has 0 bridgehead atoms. The topological polar surface area (TPSA) is 127 Å². The lowest BCUT2D eigenvalue weighted by Gasteiger charge is -2.32. The van der Waals surface area contributed by atoms with Crippen molar-refractivity contribution in [3.63, 3.8) is 0 Å². The Kier molecular flexibility index (Phi) is 6.52. The number of rotatable bonds is 9. The summed E-state index contributed by atoms with van der Waals surface area (Å²) in [4.78, 5) is 31.5. The Labute approximate surface area is 198 Å². The van der Waals surface area contributed by atoms with Gasteiger partial charge in [-0.1, -0.05) is 23.7 Å². The van der Waals surface area contributed by atoms with Crippen LogP contribution >= 0.6 is 11.6 Å². The van der Waals surface area contributed by atoms with Crippen LogP contribution in [0.2, 0.25) is 5.02 Å². The van der Waals surface area contributed by atoms with Crippen molar-refractivity contribution in [2.75, 3.05) is 19.6 Å². The molecule has 0 spiro atoms. The van der Waals surface area contributed by atoms with E-state index in [9.17, 15) is 18.0 Å². The number of nitrogens with two attached hydrogens (primary N) is 1. The molecule has 0 radical (unpaired) electrons. The van der Waals surface area contributed by atoms with Crippen LogP contribution in [0.5, 0.6) is 0 Å². The number of amides is 2. The molecule has 1 aromatic carbocycles. The van der Waals surface area contributed by atoms with Crippen LogP contribution in [0.25, 0.3) is 0 Å². The van der Waals surface area contributed by atoms with E-state index in [0.717, 1.165) is 5.56 Å². The van der Waals surface area contributed by atoms with Crippen LogP contribution in [0.1, 0.15) is 52.9 Å². The third kappa shape index (κ3) is 4.51. The fraction of sp³-hybridized carbons (Fsp3) is 0.500. The molecule has 1 saturated carbocycles. The molecule has 0 saturated heterocycles. The maximum atomic E-state index is 13.1. The fourth-order valence-electron chi connectivity index (χ4n) is 4.29. The van der Waals surface area contributed by atoms with E-state index in [2.05, 4.69) is 10.3 Å². The minimum atomic E-state index is -3.40. The highest BCUT2D eigenvalue weighted by atomic mass is 35.5. The second-order valence-electron chi connectivity index (χ2n) is 8.77. The molecule has 1 fully saturated rings. The maximum absolute atomic E-state index is 13.1. The number of carbonyl (C=O) groups excluding carboxylic acids is 2. The smallest absolute Gasteiger partial charge is 0.287 e. The van der Waals surface area contributed by atoms with Gasteiger partial charge in [-0.2, -0.15) is 0 Å². The van der Waals surface area contributed by atoms with Gasteiger partial charge in [-0.3, -0.25) is 9.59 Å². The van der Waals surface area contributed by atoms with Gasteiger partial charge in [0.1, 0.15) is 5.69 Å². The van der Waals surface area contributed by atoms with Crippen LogP contribution in [0.3, 0.4) is 0 Å². The Morgan fingerprint density at radius 2 is 1.97 bits per heavy atom. The number of hydrogen-bond donors (Lipinski definition) is 2. The van der Waals surface area contributed by atoms with Crippen molar-refractivity contribution in [2.24, 2.45) is 5.73 Å². The molecule has 1 unspecified atom stereocenters. The SMILES string of the molecule is CC(CCN)S(=O)(=O)C1(CN2CCn3c(cnc3C(=O)NCc3ccc(Cl)cc3)C2=O)CC1. The minimum absolute atomic E-state index is 0.159. The quantitative estimate of drug-likeness (QED) is 0.546. The molecule has 2 amide bonds. The van der Waals surface area contributed by atoms with Gasteiger partial charge >= 0.3 is 0 Å². The van der Waals surface area contributed by atoms with E-state index >= 15 is 0 Å². The highest BCUT2D eigenvalue weighted by Crippen LogP contribution is 2.47. The first-order chi connectivity index (χ1) is 15.7. The van der Waals surface area contributed by atoms with E-state index in [4.69, 9.17) is 17.3 Å². The molecule has 2 aromatic rings. The van der Waals surface area contributed by atoms with Gasteiger partial charge in [0.05, 0.1) is 16.2 Å². The molecule has 9 nitrogen and oxygen atoms in total. The lowest BCUT2D eigenvalue weighted by molar-refractivity contribution is 0.0698. The normalized spacial score (nSPS) is 18.0. The highest BCUT2D eigenvalue weighted by molar-refractivity contribution is 7.93. The van der Waals surface area contributed by atoms with Gasteiger partial charge < -0.3 is 20.5 Å². The summed E-state index contributed by atoms with van der Waals surface area (Å²) in [6, 6.07) is 7.14. The van der Waals surface area contributed by atoms with Crippen molar-refractivity contribution in [2.45, 2.75) is 49.3 Å². The molecule has 2 heterocycles. The van der Waals surface area contributed by atoms with E-state index in [0.29, 0.717) is 56.2 Å². The van der Waals surface area contributed by atoms with E-state index in [1.165, 1.54) is 6.20 Å². The van der Waals surface area contributed by atoms with Gasteiger partial charge in [-0.05, 0) is 50.4 Å². The molecule has 1 atom stereocenters. The predicted molar refractivity (Wildman–Crippen MR) is 125 cm³/mol. The van der Waals surface area contributed by atoms with Crippen molar-refractivity contribution < 1.29 is 18.0 Å². The summed E-state index contributed by atoms with van der Waals surface area (Å²) < 4.78 is 26.8. The predicted octanol–water partition coefficient (Wildman–Crippen LogP) is 1.61. The molecule has 2 aliphatic rings. The number of imidazole rings is 1. The summed E-state index contributed by atoms with van der Waals surface area (Å²) in [6.07, 6.45) is 2.88. The molecule has 4 rings (SSSR count). The van der Waals surface area contributed by atoms with Crippen molar-refractivity contribution in [1.29, 1.82) is 0 Å². The Hall–Kier alpha value is -2.43. The lowest BCUT2D eigenvalue weighted by atomic mass is 10.2. The van der Waals surface area contributed by atoms with Gasteiger partial charge in [-0.25, -0.2) is 13.4 Å². The average Bonchev–Trinajstić information content (AvgIpc) is 3.46. The standard InChI is InChI=1S/C22H28ClN5O4S/c1-15(6-9-24)33(31,32)22(7-8-22)14-27-10-11-28-18(21(27)30)13-25-19(28)20(29)26-12-16-2-4-17(23)5-3-16/h2-5,13,15H,6-12,14,24H2,1H3,(H,26,29). The zero-order valence-corrected chi connectivity index (χ0v) is 20.0. The Morgan fingerprint density at radius 1 is 1.27 bits per heavy atom. The third-order valence-corrected chi connectivity index (χ3v) is 9.81. The number of hydrogen-bond acceptors (Lipinski definition) is 6. The number of nitrogens with one attached hydrogen (secondary N) is 1. The van der Waals surface area contributed by atoms with Crippen molar-refractivity contribution in [1.82, 2.24) is 19.8 Å². The van der Waals surface area contributed by atoms with Gasteiger partial charge in [-0.15, -0.1) is 0 Å². The number of sulfone groups is 1. The fourth-order valence-corrected chi connectivity index (χ4v) is 6.72. The first-order valence-corrected chi connectivity index (χ1v) is 12.9. The minimum Gasteiger partial charge on any atom is -0.345 e. The number of fused-ring (bicyclic) bond motifs is 1. The number of nitrogens with zero attached hydrogens (tertiary/aromatic N) is 3. The zero-order valence-electron chi connectivity index (χ0n) is 18.5. The van der Waals surface area contributed by atoms with Crippen molar-refractivity contribution in [3.05, 3.63) is 52.6 Å². The van der Waals surface area contributed by atoms with Gasteiger partial charge in [0.2, 0.25) is 0 Å². The Morgan fingerprint density at radius 3 is 2.61 bits per heavy atom. The number of benzene rings is 1. The lowest BCUT2D eigenvalue weighted by Crippen LogP contribution is -2.49. The maximum Gasteiger partial charge on any atom is 0.287 e. The van der Waals surface area contributed by atoms with E-state index < -0.39 is 19.8 Å². The van der Waals surface area contributed by atoms with Gasteiger partial charge in [0.25, 0.3) is 11.8 Å². The first-order valence-electron chi connectivity index (χ1n) is 11.0. The monoisotopic (exact) mass is 493 g/mol. The van der Waals surface area contributed by atoms with Crippen LogP contribution in [0, 0.1) is 0 Å².